The fourth-order valence-corrected chi connectivity index (χ4v) is 2.95. The first kappa shape index (κ1) is 17.2. The zero-order valence-electron chi connectivity index (χ0n) is 15.0. The standard InChI is InChI=1S/C21H24N2O2/c1-4-22-12-16-7-5-6-8-19(16)23-20(24)11-17-13-25-21-15(3)14(2)9-10-18(17)21/h5-10,13,22H,4,11-12H2,1-3H3,(H,23,24). The summed E-state index contributed by atoms with van der Waals surface area (Å²) in [5.74, 6) is -0.0372. The average Bonchev–Trinajstić information content (AvgIpc) is 3.01. The van der Waals surface area contributed by atoms with E-state index in [-0.39, 0.29) is 5.91 Å². The molecule has 1 amide bonds. The summed E-state index contributed by atoms with van der Waals surface area (Å²) in [4.78, 5) is 12.5. The molecule has 0 spiro atoms. The van der Waals surface area contributed by atoms with Crippen molar-refractivity contribution in [2.24, 2.45) is 0 Å². The van der Waals surface area contributed by atoms with Crippen molar-refractivity contribution in [3.8, 4) is 0 Å². The molecule has 25 heavy (non-hydrogen) atoms. The van der Waals surface area contributed by atoms with E-state index >= 15 is 0 Å². The smallest absolute Gasteiger partial charge is 0.228 e. The van der Waals surface area contributed by atoms with Crippen molar-refractivity contribution in [3.63, 3.8) is 0 Å². The zero-order chi connectivity index (χ0) is 17.8. The zero-order valence-corrected chi connectivity index (χ0v) is 15.0. The lowest BCUT2D eigenvalue weighted by atomic mass is 10.0. The Morgan fingerprint density at radius 3 is 2.68 bits per heavy atom. The second-order valence-corrected chi connectivity index (χ2v) is 6.31. The molecule has 0 bridgehead atoms. The van der Waals surface area contributed by atoms with E-state index in [2.05, 4.69) is 30.5 Å². The summed E-state index contributed by atoms with van der Waals surface area (Å²) in [6.45, 7) is 7.80. The van der Waals surface area contributed by atoms with Crippen molar-refractivity contribution >= 4 is 22.6 Å². The minimum absolute atomic E-state index is 0.0372. The summed E-state index contributed by atoms with van der Waals surface area (Å²) in [5.41, 5.74) is 6.04. The van der Waals surface area contributed by atoms with E-state index in [4.69, 9.17) is 4.42 Å². The van der Waals surface area contributed by atoms with E-state index in [9.17, 15) is 4.79 Å². The third-order valence-corrected chi connectivity index (χ3v) is 4.55. The van der Waals surface area contributed by atoms with Crippen LogP contribution in [0.4, 0.5) is 5.69 Å². The molecular formula is C21H24N2O2. The van der Waals surface area contributed by atoms with Gasteiger partial charge in [0, 0.05) is 23.2 Å². The molecule has 4 nitrogen and oxygen atoms in total. The minimum Gasteiger partial charge on any atom is -0.464 e. The first-order chi connectivity index (χ1) is 12.1. The predicted molar refractivity (Wildman–Crippen MR) is 102 cm³/mol. The van der Waals surface area contributed by atoms with Gasteiger partial charge in [0.1, 0.15) is 5.58 Å². The minimum atomic E-state index is -0.0372. The number of nitrogens with one attached hydrogen (secondary N) is 2. The Kier molecular flexibility index (Phi) is 5.19. The Morgan fingerprint density at radius 2 is 1.88 bits per heavy atom. The molecule has 0 atom stereocenters. The monoisotopic (exact) mass is 336 g/mol. The number of furan rings is 1. The van der Waals surface area contributed by atoms with Gasteiger partial charge in [-0.25, -0.2) is 0 Å². The third kappa shape index (κ3) is 3.74. The largest absolute Gasteiger partial charge is 0.464 e. The first-order valence-corrected chi connectivity index (χ1v) is 8.65. The summed E-state index contributed by atoms with van der Waals surface area (Å²) >= 11 is 0. The summed E-state index contributed by atoms with van der Waals surface area (Å²) in [7, 11) is 0. The van der Waals surface area contributed by atoms with Crippen LogP contribution in [0.5, 0.6) is 0 Å². The Bertz CT molecular complexity index is 896. The highest BCUT2D eigenvalue weighted by Crippen LogP contribution is 2.27. The number of carbonyl (C=O) groups excluding carboxylic acids is 1. The van der Waals surface area contributed by atoms with Gasteiger partial charge in [-0.2, -0.15) is 0 Å². The van der Waals surface area contributed by atoms with Crippen molar-refractivity contribution in [2.75, 3.05) is 11.9 Å². The number of aryl methyl sites for hydroxylation is 2. The molecular weight excluding hydrogens is 312 g/mol. The number of rotatable bonds is 6. The van der Waals surface area contributed by atoms with Gasteiger partial charge in [0.15, 0.2) is 0 Å². The van der Waals surface area contributed by atoms with E-state index in [0.717, 1.165) is 46.4 Å². The summed E-state index contributed by atoms with van der Waals surface area (Å²) in [5, 5.41) is 7.33. The maximum Gasteiger partial charge on any atom is 0.228 e. The van der Waals surface area contributed by atoms with Crippen molar-refractivity contribution in [1.29, 1.82) is 0 Å². The maximum absolute atomic E-state index is 12.5. The lowest BCUT2D eigenvalue weighted by Gasteiger charge is -2.11. The van der Waals surface area contributed by atoms with Gasteiger partial charge in [-0.1, -0.05) is 37.3 Å². The van der Waals surface area contributed by atoms with Crippen LogP contribution in [0, 0.1) is 13.8 Å². The van der Waals surface area contributed by atoms with E-state index < -0.39 is 0 Å². The second kappa shape index (κ2) is 7.53. The molecule has 0 aliphatic heterocycles. The highest BCUT2D eigenvalue weighted by molar-refractivity contribution is 5.96. The molecule has 0 aliphatic carbocycles. The number of carbonyl (C=O) groups is 1. The van der Waals surface area contributed by atoms with Crippen LogP contribution in [0.15, 0.2) is 47.1 Å². The number of para-hydroxylation sites is 1. The SMILES string of the molecule is CCNCc1ccccc1NC(=O)Cc1coc2c(C)c(C)ccc12. The van der Waals surface area contributed by atoms with E-state index in [1.165, 1.54) is 5.56 Å². The molecule has 1 aromatic heterocycles. The summed E-state index contributed by atoms with van der Waals surface area (Å²) < 4.78 is 5.70. The van der Waals surface area contributed by atoms with Crippen LogP contribution in [0.1, 0.15) is 29.2 Å². The van der Waals surface area contributed by atoms with Gasteiger partial charge >= 0.3 is 0 Å². The number of hydrogen-bond donors (Lipinski definition) is 2. The number of anilines is 1. The molecule has 130 valence electrons. The van der Waals surface area contributed by atoms with Crippen LogP contribution in [-0.4, -0.2) is 12.5 Å². The molecule has 0 aliphatic rings. The van der Waals surface area contributed by atoms with Crippen molar-refractivity contribution < 1.29 is 9.21 Å². The summed E-state index contributed by atoms with van der Waals surface area (Å²) in [6.07, 6.45) is 1.99. The third-order valence-electron chi connectivity index (χ3n) is 4.55. The quantitative estimate of drug-likeness (QED) is 0.704. The van der Waals surface area contributed by atoms with E-state index in [1.54, 1.807) is 6.26 Å². The Morgan fingerprint density at radius 1 is 1.08 bits per heavy atom. The molecule has 2 N–H and O–H groups in total. The number of benzene rings is 2. The Balaban J connectivity index is 1.77. The topological polar surface area (TPSA) is 54.3 Å². The molecule has 4 heteroatoms. The molecule has 0 unspecified atom stereocenters. The Labute approximate surface area is 148 Å². The van der Waals surface area contributed by atoms with Crippen LogP contribution in [-0.2, 0) is 17.8 Å². The van der Waals surface area contributed by atoms with Crippen LogP contribution in [0.25, 0.3) is 11.0 Å². The highest BCUT2D eigenvalue weighted by atomic mass is 16.3. The van der Waals surface area contributed by atoms with Gasteiger partial charge in [-0.05, 0) is 43.1 Å². The normalized spacial score (nSPS) is 11.0. The number of amides is 1. The van der Waals surface area contributed by atoms with Crippen molar-refractivity contribution in [3.05, 3.63) is 64.9 Å². The molecule has 0 saturated carbocycles. The number of fused-ring (bicyclic) bond motifs is 1. The lowest BCUT2D eigenvalue weighted by molar-refractivity contribution is -0.115. The number of hydrogen-bond acceptors (Lipinski definition) is 3. The highest BCUT2D eigenvalue weighted by Gasteiger charge is 2.13. The van der Waals surface area contributed by atoms with E-state index in [0.29, 0.717) is 6.42 Å². The van der Waals surface area contributed by atoms with Crippen LogP contribution >= 0.6 is 0 Å². The fraction of sp³-hybridized carbons (Fsp3) is 0.286. The fourth-order valence-electron chi connectivity index (χ4n) is 2.95. The molecule has 3 aromatic rings. The van der Waals surface area contributed by atoms with Crippen molar-refractivity contribution in [2.45, 2.75) is 33.7 Å². The van der Waals surface area contributed by atoms with Gasteiger partial charge in [0.25, 0.3) is 0 Å². The lowest BCUT2D eigenvalue weighted by Crippen LogP contribution is -2.18. The Hall–Kier alpha value is -2.59. The molecule has 0 radical (unpaired) electrons. The molecule has 1 heterocycles. The van der Waals surface area contributed by atoms with Crippen LogP contribution in [0.3, 0.4) is 0 Å². The molecule has 0 fully saturated rings. The van der Waals surface area contributed by atoms with Crippen LogP contribution in [0.2, 0.25) is 0 Å². The maximum atomic E-state index is 12.5. The van der Waals surface area contributed by atoms with Crippen LogP contribution < -0.4 is 10.6 Å². The molecule has 2 aromatic carbocycles. The van der Waals surface area contributed by atoms with E-state index in [1.807, 2.05) is 37.3 Å². The molecule has 0 saturated heterocycles. The van der Waals surface area contributed by atoms with Gasteiger partial charge in [0.2, 0.25) is 5.91 Å². The average molecular weight is 336 g/mol. The van der Waals surface area contributed by atoms with Gasteiger partial charge in [-0.15, -0.1) is 0 Å². The second-order valence-electron chi connectivity index (χ2n) is 6.31. The predicted octanol–water partition coefficient (Wildman–Crippen LogP) is 4.34. The van der Waals surface area contributed by atoms with Gasteiger partial charge in [-0.3, -0.25) is 4.79 Å². The first-order valence-electron chi connectivity index (χ1n) is 8.65. The van der Waals surface area contributed by atoms with Gasteiger partial charge < -0.3 is 15.1 Å². The van der Waals surface area contributed by atoms with Gasteiger partial charge in [0.05, 0.1) is 12.7 Å². The van der Waals surface area contributed by atoms with Crippen molar-refractivity contribution in [1.82, 2.24) is 5.32 Å². The molecule has 3 rings (SSSR count). The summed E-state index contributed by atoms with van der Waals surface area (Å²) in [6, 6.07) is 12.0.